The standard InChI is InChI=1S/C21H40O3/c1-3-17-20(22)18-15-13-11-9-7-5-6-8-10-12-14-16-19-21(23)24-4-2/h15,18,20,22H,3-14,16-17,19H2,1-2H3/b18-15-. The second-order valence-corrected chi connectivity index (χ2v) is 6.66. The maximum Gasteiger partial charge on any atom is 0.305 e. The largest absolute Gasteiger partial charge is 0.466 e. The van der Waals surface area contributed by atoms with Crippen molar-refractivity contribution in [3.05, 3.63) is 12.2 Å². The fourth-order valence-corrected chi connectivity index (χ4v) is 2.82. The summed E-state index contributed by atoms with van der Waals surface area (Å²) in [7, 11) is 0. The molecular weight excluding hydrogens is 300 g/mol. The highest BCUT2D eigenvalue weighted by molar-refractivity contribution is 5.69. The summed E-state index contributed by atoms with van der Waals surface area (Å²) in [5, 5.41) is 9.57. The van der Waals surface area contributed by atoms with Crippen molar-refractivity contribution in [3.63, 3.8) is 0 Å². The van der Waals surface area contributed by atoms with Gasteiger partial charge in [-0.05, 0) is 32.6 Å². The van der Waals surface area contributed by atoms with Gasteiger partial charge in [-0.1, -0.05) is 76.9 Å². The van der Waals surface area contributed by atoms with Crippen molar-refractivity contribution in [2.45, 2.75) is 110 Å². The molecule has 1 unspecified atom stereocenters. The molecule has 0 aromatic carbocycles. The zero-order chi connectivity index (χ0) is 17.9. The normalized spacial score (nSPS) is 12.6. The van der Waals surface area contributed by atoms with Crippen LogP contribution >= 0.6 is 0 Å². The van der Waals surface area contributed by atoms with Crippen molar-refractivity contribution in [2.24, 2.45) is 0 Å². The van der Waals surface area contributed by atoms with Crippen LogP contribution in [0.2, 0.25) is 0 Å². The Kier molecular flexibility index (Phi) is 17.9. The number of aliphatic hydroxyl groups excluding tert-OH is 1. The number of carbonyl (C=O) groups is 1. The van der Waals surface area contributed by atoms with Gasteiger partial charge in [-0.3, -0.25) is 4.79 Å². The van der Waals surface area contributed by atoms with Crippen molar-refractivity contribution in [1.29, 1.82) is 0 Å². The highest BCUT2D eigenvalue weighted by Gasteiger charge is 2.00. The first kappa shape index (κ1) is 23.2. The summed E-state index contributed by atoms with van der Waals surface area (Å²) in [5.41, 5.74) is 0. The van der Waals surface area contributed by atoms with Gasteiger partial charge in [0.05, 0.1) is 12.7 Å². The Balaban J connectivity index is 3.16. The van der Waals surface area contributed by atoms with E-state index in [9.17, 15) is 9.90 Å². The van der Waals surface area contributed by atoms with E-state index in [-0.39, 0.29) is 12.1 Å². The number of ether oxygens (including phenoxy) is 1. The van der Waals surface area contributed by atoms with Crippen LogP contribution in [0.25, 0.3) is 0 Å². The Hall–Kier alpha value is -0.830. The Morgan fingerprint density at radius 2 is 1.46 bits per heavy atom. The molecule has 0 aromatic rings. The monoisotopic (exact) mass is 340 g/mol. The first-order chi connectivity index (χ1) is 11.7. The third-order valence-electron chi connectivity index (χ3n) is 4.25. The molecule has 0 aliphatic carbocycles. The molecule has 0 radical (unpaired) electrons. The van der Waals surface area contributed by atoms with Crippen LogP contribution in [0, 0.1) is 0 Å². The van der Waals surface area contributed by atoms with Gasteiger partial charge in [0, 0.05) is 6.42 Å². The molecule has 3 heteroatoms. The van der Waals surface area contributed by atoms with Gasteiger partial charge in [-0.15, -0.1) is 0 Å². The number of carbonyl (C=O) groups excluding carboxylic acids is 1. The summed E-state index contributed by atoms with van der Waals surface area (Å²) in [6, 6.07) is 0. The topological polar surface area (TPSA) is 46.5 Å². The van der Waals surface area contributed by atoms with E-state index in [1.54, 1.807) is 0 Å². The Morgan fingerprint density at radius 1 is 0.917 bits per heavy atom. The van der Waals surface area contributed by atoms with Gasteiger partial charge in [-0.25, -0.2) is 0 Å². The summed E-state index contributed by atoms with van der Waals surface area (Å²) in [6.45, 7) is 4.45. The lowest BCUT2D eigenvalue weighted by atomic mass is 10.0. The van der Waals surface area contributed by atoms with E-state index in [1.165, 1.54) is 51.4 Å². The maximum atomic E-state index is 11.2. The Labute approximate surface area is 149 Å². The number of allylic oxidation sites excluding steroid dienone is 1. The SMILES string of the molecule is CCCC(O)/C=C\CCCCCCCCCCCCC(=O)OCC. The third-order valence-corrected chi connectivity index (χ3v) is 4.25. The number of hydrogen-bond acceptors (Lipinski definition) is 3. The second kappa shape index (κ2) is 18.5. The summed E-state index contributed by atoms with van der Waals surface area (Å²) in [6.07, 6.45) is 19.9. The number of unbranched alkanes of at least 4 members (excludes halogenated alkanes) is 10. The predicted molar refractivity (Wildman–Crippen MR) is 102 cm³/mol. The summed E-state index contributed by atoms with van der Waals surface area (Å²) < 4.78 is 4.92. The van der Waals surface area contributed by atoms with E-state index in [0.717, 1.165) is 32.1 Å². The minimum Gasteiger partial charge on any atom is -0.466 e. The fourth-order valence-electron chi connectivity index (χ4n) is 2.82. The molecule has 1 N–H and O–H groups in total. The van der Waals surface area contributed by atoms with Crippen LogP contribution in [0.15, 0.2) is 12.2 Å². The summed E-state index contributed by atoms with van der Waals surface area (Å²) >= 11 is 0. The predicted octanol–water partition coefficient (Wildman–Crippen LogP) is 5.95. The van der Waals surface area contributed by atoms with E-state index in [1.807, 2.05) is 13.0 Å². The molecule has 0 aliphatic rings. The van der Waals surface area contributed by atoms with Crippen LogP contribution in [-0.2, 0) is 9.53 Å². The average Bonchev–Trinajstić information content (AvgIpc) is 2.55. The van der Waals surface area contributed by atoms with Crippen molar-refractivity contribution in [3.8, 4) is 0 Å². The van der Waals surface area contributed by atoms with Crippen molar-refractivity contribution in [2.75, 3.05) is 6.61 Å². The lowest BCUT2D eigenvalue weighted by Gasteiger charge is -2.03. The van der Waals surface area contributed by atoms with Gasteiger partial charge in [-0.2, -0.15) is 0 Å². The number of aliphatic hydroxyl groups is 1. The van der Waals surface area contributed by atoms with Crippen LogP contribution in [0.5, 0.6) is 0 Å². The average molecular weight is 341 g/mol. The fraction of sp³-hybridized carbons (Fsp3) is 0.857. The first-order valence-electron chi connectivity index (χ1n) is 10.2. The van der Waals surface area contributed by atoms with Crippen molar-refractivity contribution in [1.82, 2.24) is 0 Å². The molecule has 1 atom stereocenters. The molecule has 3 nitrogen and oxygen atoms in total. The smallest absolute Gasteiger partial charge is 0.305 e. The molecule has 142 valence electrons. The van der Waals surface area contributed by atoms with E-state index in [4.69, 9.17) is 4.74 Å². The van der Waals surface area contributed by atoms with Gasteiger partial charge in [0.1, 0.15) is 0 Å². The van der Waals surface area contributed by atoms with Crippen LogP contribution in [0.4, 0.5) is 0 Å². The molecule has 0 rings (SSSR count). The van der Waals surface area contributed by atoms with E-state index < -0.39 is 0 Å². The third kappa shape index (κ3) is 17.5. The molecular formula is C21H40O3. The summed E-state index contributed by atoms with van der Waals surface area (Å²) in [4.78, 5) is 11.2. The van der Waals surface area contributed by atoms with Crippen molar-refractivity contribution < 1.29 is 14.6 Å². The number of esters is 1. The molecule has 0 fully saturated rings. The molecule has 0 spiro atoms. The van der Waals surface area contributed by atoms with Crippen LogP contribution in [-0.4, -0.2) is 23.8 Å². The quantitative estimate of drug-likeness (QED) is 0.202. The van der Waals surface area contributed by atoms with E-state index in [0.29, 0.717) is 13.0 Å². The van der Waals surface area contributed by atoms with Crippen molar-refractivity contribution >= 4 is 5.97 Å². The number of rotatable bonds is 17. The lowest BCUT2D eigenvalue weighted by Crippen LogP contribution is -2.03. The lowest BCUT2D eigenvalue weighted by molar-refractivity contribution is -0.143. The number of hydrogen-bond donors (Lipinski definition) is 1. The molecule has 0 bridgehead atoms. The molecule has 0 aromatic heterocycles. The van der Waals surface area contributed by atoms with Crippen LogP contribution in [0.3, 0.4) is 0 Å². The first-order valence-corrected chi connectivity index (χ1v) is 10.2. The molecule has 0 aliphatic heterocycles. The van der Waals surface area contributed by atoms with E-state index >= 15 is 0 Å². The van der Waals surface area contributed by atoms with Gasteiger partial charge in [0.2, 0.25) is 0 Å². The van der Waals surface area contributed by atoms with Crippen LogP contribution < -0.4 is 0 Å². The maximum absolute atomic E-state index is 11.2. The molecule has 24 heavy (non-hydrogen) atoms. The molecule has 0 saturated carbocycles. The molecule has 0 saturated heterocycles. The van der Waals surface area contributed by atoms with Crippen LogP contribution in [0.1, 0.15) is 104 Å². The minimum absolute atomic E-state index is 0.0489. The van der Waals surface area contributed by atoms with Gasteiger partial charge in [0.15, 0.2) is 0 Å². The molecule has 0 amide bonds. The second-order valence-electron chi connectivity index (χ2n) is 6.66. The van der Waals surface area contributed by atoms with E-state index in [2.05, 4.69) is 13.0 Å². The highest BCUT2D eigenvalue weighted by atomic mass is 16.5. The zero-order valence-corrected chi connectivity index (χ0v) is 16.1. The van der Waals surface area contributed by atoms with Gasteiger partial charge >= 0.3 is 5.97 Å². The van der Waals surface area contributed by atoms with Gasteiger partial charge < -0.3 is 9.84 Å². The zero-order valence-electron chi connectivity index (χ0n) is 16.1. The van der Waals surface area contributed by atoms with Gasteiger partial charge in [0.25, 0.3) is 0 Å². The minimum atomic E-state index is -0.243. The molecule has 0 heterocycles. The highest BCUT2D eigenvalue weighted by Crippen LogP contribution is 2.12. The Bertz CT molecular complexity index is 299. The Morgan fingerprint density at radius 3 is 2.00 bits per heavy atom. The summed E-state index contributed by atoms with van der Waals surface area (Å²) in [5.74, 6) is -0.0489.